The van der Waals surface area contributed by atoms with E-state index in [2.05, 4.69) is 19.9 Å². The van der Waals surface area contributed by atoms with Crippen LogP contribution in [0, 0.1) is 11.3 Å². The molecule has 140 valence electrons. The normalized spacial score (nSPS) is 21.8. The Morgan fingerprint density at radius 2 is 2.00 bits per heavy atom. The fourth-order valence-electron chi connectivity index (χ4n) is 4.69. The van der Waals surface area contributed by atoms with Crippen molar-refractivity contribution in [2.45, 2.75) is 38.2 Å². The molecule has 2 aromatic carbocycles. The first kappa shape index (κ1) is 17.2. The SMILES string of the molecule is CC1(C)C2=C(C(=O)c3ccc(O[C@@H]4CCOC4)cc31)c1ccc(C#N)cc1C2. The number of carbonyl (C=O) groups excluding carboxylic acids is 1. The van der Waals surface area contributed by atoms with Crippen LogP contribution in [0.4, 0.5) is 0 Å². The lowest BCUT2D eigenvalue weighted by molar-refractivity contribution is 0.105. The summed E-state index contributed by atoms with van der Waals surface area (Å²) in [6, 6.07) is 13.7. The van der Waals surface area contributed by atoms with Crippen LogP contribution in [-0.2, 0) is 16.6 Å². The van der Waals surface area contributed by atoms with Gasteiger partial charge < -0.3 is 9.47 Å². The smallest absolute Gasteiger partial charge is 0.193 e. The van der Waals surface area contributed by atoms with Crippen molar-refractivity contribution in [1.29, 1.82) is 5.26 Å². The zero-order valence-corrected chi connectivity index (χ0v) is 16.0. The van der Waals surface area contributed by atoms with Gasteiger partial charge in [0.1, 0.15) is 11.9 Å². The molecule has 1 atom stereocenters. The monoisotopic (exact) mass is 371 g/mol. The van der Waals surface area contributed by atoms with E-state index in [-0.39, 0.29) is 17.3 Å². The molecule has 5 rings (SSSR count). The Morgan fingerprint density at radius 1 is 1.18 bits per heavy atom. The van der Waals surface area contributed by atoms with Crippen LogP contribution in [0.2, 0.25) is 0 Å². The first-order chi connectivity index (χ1) is 13.5. The molecule has 0 spiro atoms. The average molecular weight is 371 g/mol. The summed E-state index contributed by atoms with van der Waals surface area (Å²) in [6.07, 6.45) is 1.68. The molecule has 1 aliphatic heterocycles. The number of Topliss-reactive ketones (excluding diaryl/α,β-unsaturated/α-hetero) is 1. The van der Waals surface area contributed by atoms with Crippen molar-refractivity contribution in [1.82, 2.24) is 0 Å². The number of ketones is 1. The minimum atomic E-state index is -0.282. The standard InChI is InChI=1S/C24H21NO3/c1-24(2)20-11-16(28-17-7-8-27-13-17)4-6-19(20)23(26)22-18-5-3-14(12-25)9-15(18)10-21(22)24/h3-6,9,11,17H,7-8,10,13H2,1-2H3/t17-/m1/s1. The third-order valence-corrected chi connectivity index (χ3v) is 6.25. The van der Waals surface area contributed by atoms with Crippen molar-refractivity contribution in [2.24, 2.45) is 0 Å². The molecule has 0 unspecified atom stereocenters. The molecule has 0 aromatic heterocycles. The second kappa shape index (κ2) is 6.05. The van der Waals surface area contributed by atoms with E-state index < -0.39 is 0 Å². The van der Waals surface area contributed by atoms with Gasteiger partial charge in [-0.1, -0.05) is 19.9 Å². The number of rotatable bonds is 2. The molecule has 1 heterocycles. The molecule has 4 heteroatoms. The molecule has 1 saturated heterocycles. The Hall–Kier alpha value is -2.90. The van der Waals surface area contributed by atoms with Crippen molar-refractivity contribution < 1.29 is 14.3 Å². The van der Waals surface area contributed by atoms with Gasteiger partial charge in [-0.25, -0.2) is 0 Å². The molecule has 2 aromatic rings. The molecule has 3 aliphatic rings. The number of nitriles is 1. The van der Waals surface area contributed by atoms with Crippen LogP contribution in [0.5, 0.6) is 5.75 Å². The summed E-state index contributed by atoms with van der Waals surface area (Å²) in [5, 5.41) is 9.22. The van der Waals surface area contributed by atoms with Crippen LogP contribution < -0.4 is 4.74 Å². The predicted molar refractivity (Wildman–Crippen MR) is 105 cm³/mol. The minimum Gasteiger partial charge on any atom is -0.488 e. The molecular weight excluding hydrogens is 350 g/mol. The van der Waals surface area contributed by atoms with Crippen LogP contribution >= 0.6 is 0 Å². The van der Waals surface area contributed by atoms with Crippen molar-refractivity contribution in [3.63, 3.8) is 0 Å². The molecule has 0 radical (unpaired) electrons. The van der Waals surface area contributed by atoms with E-state index in [9.17, 15) is 10.1 Å². The van der Waals surface area contributed by atoms with E-state index in [1.165, 1.54) is 0 Å². The topological polar surface area (TPSA) is 59.3 Å². The molecule has 1 fully saturated rings. The van der Waals surface area contributed by atoms with E-state index in [0.717, 1.165) is 52.2 Å². The number of allylic oxidation sites excluding steroid dienone is 2. The molecule has 28 heavy (non-hydrogen) atoms. The van der Waals surface area contributed by atoms with Crippen LogP contribution in [0.3, 0.4) is 0 Å². The summed E-state index contributed by atoms with van der Waals surface area (Å²) in [6.45, 7) is 5.70. The Labute approximate surface area is 164 Å². The van der Waals surface area contributed by atoms with Gasteiger partial charge in [-0.05, 0) is 59.0 Å². The van der Waals surface area contributed by atoms with Crippen LogP contribution in [0.1, 0.15) is 52.9 Å². The summed E-state index contributed by atoms with van der Waals surface area (Å²) in [5.74, 6) is 0.866. The van der Waals surface area contributed by atoms with Gasteiger partial charge >= 0.3 is 0 Å². The highest BCUT2D eigenvalue weighted by Crippen LogP contribution is 2.50. The van der Waals surface area contributed by atoms with Crippen LogP contribution in [0.25, 0.3) is 5.57 Å². The Kier molecular flexibility index (Phi) is 3.72. The van der Waals surface area contributed by atoms with Crippen molar-refractivity contribution in [3.05, 3.63) is 69.8 Å². The zero-order chi connectivity index (χ0) is 19.5. The first-order valence-corrected chi connectivity index (χ1v) is 9.69. The lowest BCUT2D eigenvalue weighted by Crippen LogP contribution is -2.30. The molecule has 4 nitrogen and oxygen atoms in total. The maximum absolute atomic E-state index is 13.4. The van der Waals surface area contributed by atoms with E-state index in [0.29, 0.717) is 18.6 Å². The van der Waals surface area contributed by atoms with Gasteiger partial charge in [0, 0.05) is 23.0 Å². The van der Waals surface area contributed by atoms with E-state index >= 15 is 0 Å². The van der Waals surface area contributed by atoms with E-state index in [1.54, 1.807) is 6.07 Å². The molecular formula is C24H21NO3. The number of ether oxygens (including phenoxy) is 2. The lowest BCUT2D eigenvalue weighted by Gasteiger charge is -2.34. The third kappa shape index (κ3) is 2.43. The van der Waals surface area contributed by atoms with Crippen molar-refractivity contribution in [3.8, 4) is 11.8 Å². The molecule has 0 saturated carbocycles. The highest BCUT2D eigenvalue weighted by molar-refractivity contribution is 6.33. The molecule has 0 bridgehead atoms. The number of hydrogen-bond donors (Lipinski definition) is 0. The summed E-state index contributed by atoms with van der Waals surface area (Å²) in [4.78, 5) is 13.4. The second-order valence-corrected chi connectivity index (χ2v) is 8.28. The minimum absolute atomic E-state index is 0.0727. The zero-order valence-electron chi connectivity index (χ0n) is 16.0. The number of nitrogens with zero attached hydrogens (tertiary/aromatic N) is 1. The maximum Gasteiger partial charge on any atom is 0.193 e. The van der Waals surface area contributed by atoms with Gasteiger partial charge in [-0.15, -0.1) is 0 Å². The lowest BCUT2D eigenvalue weighted by atomic mass is 9.68. The van der Waals surface area contributed by atoms with Gasteiger partial charge in [-0.2, -0.15) is 5.26 Å². The largest absolute Gasteiger partial charge is 0.488 e. The number of carbonyl (C=O) groups is 1. The van der Waals surface area contributed by atoms with Gasteiger partial charge in [0.15, 0.2) is 5.78 Å². The van der Waals surface area contributed by atoms with E-state index in [1.807, 2.05) is 30.3 Å². The van der Waals surface area contributed by atoms with Gasteiger partial charge in [0.2, 0.25) is 0 Å². The van der Waals surface area contributed by atoms with Crippen LogP contribution in [-0.4, -0.2) is 25.1 Å². The van der Waals surface area contributed by atoms with Crippen LogP contribution in [0.15, 0.2) is 42.0 Å². The third-order valence-electron chi connectivity index (χ3n) is 6.25. The summed E-state index contributed by atoms with van der Waals surface area (Å²) in [5.41, 5.74) is 6.11. The van der Waals surface area contributed by atoms with Gasteiger partial charge in [0.05, 0.1) is 24.8 Å². The Bertz CT molecular complexity index is 1080. The first-order valence-electron chi connectivity index (χ1n) is 9.69. The average Bonchev–Trinajstić information content (AvgIpc) is 3.33. The number of hydrogen-bond acceptors (Lipinski definition) is 4. The number of fused-ring (bicyclic) bond motifs is 3. The second-order valence-electron chi connectivity index (χ2n) is 8.28. The van der Waals surface area contributed by atoms with Crippen molar-refractivity contribution in [2.75, 3.05) is 13.2 Å². The Morgan fingerprint density at radius 3 is 2.75 bits per heavy atom. The van der Waals surface area contributed by atoms with E-state index in [4.69, 9.17) is 9.47 Å². The highest BCUT2D eigenvalue weighted by Gasteiger charge is 2.43. The van der Waals surface area contributed by atoms with Gasteiger partial charge in [-0.3, -0.25) is 4.79 Å². The molecule has 0 amide bonds. The molecule has 0 N–H and O–H groups in total. The van der Waals surface area contributed by atoms with Crippen molar-refractivity contribution >= 4 is 11.4 Å². The Balaban J connectivity index is 1.58. The summed E-state index contributed by atoms with van der Waals surface area (Å²) in [7, 11) is 0. The summed E-state index contributed by atoms with van der Waals surface area (Å²) < 4.78 is 11.5. The fourth-order valence-corrected chi connectivity index (χ4v) is 4.69. The fraction of sp³-hybridized carbons (Fsp3) is 0.333. The molecule has 2 aliphatic carbocycles. The highest BCUT2D eigenvalue weighted by atomic mass is 16.5. The summed E-state index contributed by atoms with van der Waals surface area (Å²) >= 11 is 0. The van der Waals surface area contributed by atoms with Gasteiger partial charge in [0.25, 0.3) is 0 Å². The maximum atomic E-state index is 13.4. The number of benzene rings is 2. The predicted octanol–water partition coefficient (Wildman–Crippen LogP) is 4.21. The quantitative estimate of drug-likeness (QED) is 0.793.